The summed E-state index contributed by atoms with van der Waals surface area (Å²) >= 11 is 0. The van der Waals surface area contributed by atoms with Crippen LogP contribution in [0.2, 0.25) is 0 Å². The number of amides is 9. The molecule has 26 heteroatoms. The molecule has 2 aromatic carbocycles. The second-order valence-corrected chi connectivity index (χ2v) is 21.8. The van der Waals surface area contributed by atoms with E-state index in [0.717, 1.165) is 21.6 Å². The highest BCUT2D eigenvalue weighted by Gasteiger charge is 2.41. The molecular weight excluding hydrogens is 1030 g/mol. The first-order valence-corrected chi connectivity index (χ1v) is 27.2. The van der Waals surface area contributed by atoms with E-state index in [2.05, 4.69) is 42.5 Å². The largest absolute Gasteiger partial charge is 0.508 e. The number of rotatable bonds is 15. The van der Waals surface area contributed by atoms with Crippen molar-refractivity contribution in [3.8, 4) is 11.5 Å². The van der Waals surface area contributed by atoms with E-state index in [1.807, 2.05) is 13.8 Å². The number of hydrogen-bond acceptors (Lipinski definition) is 16. The summed E-state index contributed by atoms with van der Waals surface area (Å²) in [4.78, 5) is 150. The van der Waals surface area contributed by atoms with E-state index in [0.29, 0.717) is 17.5 Å². The van der Waals surface area contributed by atoms with Gasteiger partial charge in [-0.1, -0.05) is 59.7 Å². The zero-order chi connectivity index (χ0) is 56.4. The molecule has 4 rings (SSSR count). The molecule has 76 heavy (non-hydrogen) atoms. The molecule has 0 aromatic heterocycles. The number of aliphatic carboxylic acids is 1. The number of aliphatic hydroxyl groups excluding tert-OH is 1. The van der Waals surface area contributed by atoms with Crippen LogP contribution in [0.1, 0.15) is 78.4 Å². The van der Waals surface area contributed by atoms with Crippen molar-refractivity contribution >= 4 is 86.5 Å². The van der Waals surface area contributed by atoms with Crippen molar-refractivity contribution in [2.75, 3.05) is 24.6 Å². The average molecular weight is 1100 g/mol. The van der Waals surface area contributed by atoms with Crippen molar-refractivity contribution < 1.29 is 73.2 Å². The quantitative estimate of drug-likeness (QED) is 0.0746. The molecule has 0 spiro atoms. The van der Waals surface area contributed by atoms with Gasteiger partial charge in [0.05, 0.1) is 25.0 Å². The molecule has 0 aliphatic carbocycles. The number of nitrogens with one attached hydrogen (secondary N) is 8. The van der Waals surface area contributed by atoms with Gasteiger partial charge in [-0.15, -0.1) is 0 Å². The number of ketones is 1. The fraction of sp³-hybridized carbons (Fsp3) is 0.540. The highest BCUT2D eigenvalue weighted by molar-refractivity contribution is 8.76. The number of carboxylic acids is 1. The summed E-state index contributed by atoms with van der Waals surface area (Å²) in [6.45, 7) is 8.58. The maximum Gasteiger partial charge on any atom is 0.305 e. The Labute approximate surface area is 447 Å². The number of benzene rings is 2. The van der Waals surface area contributed by atoms with Crippen molar-refractivity contribution in [1.29, 1.82) is 0 Å². The van der Waals surface area contributed by atoms with Crippen molar-refractivity contribution in [3.63, 3.8) is 0 Å². The zero-order valence-electron chi connectivity index (χ0n) is 43.1. The molecule has 24 nitrogen and oxygen atoms in total. The summed E-state index contributed by atoms with van der Waals surface area (Å²) in [5, 5.41) is 60.7. The molecule has 9 amide bonds. The first-order valence-electron chi connectivity index (χ1n) is 24.7. The molecular formula is C50H69N9O15S2. The summed E-state index contributed by atoms with van der Waals surface area (Å²) in [5.74, 6) is -11.3. The second-order valence-electron chi connectivity index (χ2n) is 19.3. The lowest BCUT2D eigenvalue weighted by atomic mass is 10.00. The lowest BCUT2D eigenvalue weighted by molar-refractivity contribution is -0.143. The topological polar surface area (TPSA) is 368 Å². The SMILES string of the molecule is CC(=O)C(C)C(=O)N[C@@H](CC(C)C)C(=O)N1CCC[C@H]1C(=O)N[C@H]1CSSC[C@@H](C)NC(=O)C([C@@H](C)O)NC(=O)CNC(=O)[C@H](Cc2ccc(O)cc2)NC(=O)[C@H](Cc2ccc(O)cc2)NC(=O)[C@H](CC(=O)O)NC1=O. The number of carbonyl (C=O) groups is 11. The molecule has 2 saturated heterocycles. The van der Waals surface area contributed by atoms with Crippen LogP contribution >= 0.6 is 21.6 Å². The Morgan fingerprint density at radius 1 is 0.724 bits per heavy atom. The molecule has 0 saturated carbocycles. The fourth-order valence-electron chi connectivity index (χ4n) is 8.04. The first-order chi connectivity index (χ1) is 35.8. The molecule has 12 N–H and O–H groups in total. The summed E-state index contributed by atoms with van der Waals surface area (Å²) in [5.41, 5.74) is 0.796. The van der Waals surface area contributed by atoms with Gasteiger partial charge in [-0.2, -0.15) is 0 Å². The molecule has 2 fully saturated rings. The van der Waals surface area contributed by atoms with Gasteiger partial charge in [0.2, 0.25) is 53.2 Å². The van der Waals surface area contributed by atoms with Gasteiger partial charge in [-0.3, -0.25) is 52.7 Å². The number of Topliss-reactive ketones (excluding diaryl/α,β-unsaturated/α-hetero) is 1. The van der Waals surface area contributed by atoms with Gasteiger partial charge in [0.15, 0.2) is 0 Å². The summed E-state index contributed by atoms with van der Waals surface area (Å²) < 4.78 is 0. The van der Waals surface area contributed by atoms with Gasteiger partial charge < -0.3 is 67.9 Å². The van der Waals surface area contributed by atoms with Crippen molar-refractivity contribution in [2.24, 2.45) is 11.8 Å². The molecule has 2 aromatic rings. The Kier molecular flexibility index (Phi) is 23.8. The van der Waals surface area contributed by atoms with Crippen LogP contribution in [0, 0.1) is 11.8 Å². The van der Waals surface area contributed by atoms with E-state index < -0.39 is 138 Å². The third-order valence-electron chi connectivity index (χ3n) is 12.4. The molecule has 2 heterocycles. The number of aliphatic hydroxyl groups is 1. The molecule has 0 bridgehead atoms. The average Bonchev–Trinajstić information content (AvgIpc) is 3.85. The van der Waals surface area contributed by atoms with Gasteiger partial charge >= 0.3 is 5.97 Å². The number of aromatic hydroxyl groups is 2. The number of phenolic OH excluding ortho intramolecular Hbond substituents is 2. The van der Waals surface area contributed by atoms with E-state index in [4.69, 9.17) is 0 Å². The van der Waals surface area contributed by atoms with Gasteiger partial charge in [0, 0.05) is 36.9 Å². The summed E-state index contributed by atoms with van der Waals surface area (Å²) in [6.07, 6.45) is -2.31. The minimum atomic E-state index is -1.90. The Bertz CT molecular complexity index is 2430. The fourth-order valence-corrected chi connectivity index (χ4v) is 10.5. The number of phenols is 2. The van der Waals surface area contributed by atoms with Crippen LogP contribution in [0.3, 0.4) is 0 Å². The Balaban J connectivity index is 1.73. The number of carbonyl (C=O) groups excluding carboxylic acids is 10. The number of nitrogens with zero attached hydrogens (tertiary/aromatic N) is 1. The lowest BCUT2D eigenvalue weighted by Crippen LogP contribution is -2.60. The third-order valence-corrected chi connectivity index (χ3v) is 14.9. The van der Waals surface area contributed by atoms with E-state index in [1.54, 1.807) is 6.92 Å². The highest BCUT2D eigenvalue weighted by atomic mass is 33.1. The minimum Gasteiger partial charge on any atom is -0.508 e. The Morgan fingerprint density at radius 2 is 1.26 bits per heavy atom. The molecule has 2 aliphatic heterocycles. The smallest absolute Gasteiger partial charge is 0.305 e. The van der Waals surface area contributed by atoms with E-state index in [-0.39, 0.29) is 61.2 Å². The van der Waals surface area contributed by atoms with Crippen LogP contribution in [0.15, 0.2) is 48.5 Å². The predicted molar refractivity (Wildman–Crippen MR) is 279 cm³/mol. The molecule has 0 radical (unpaired) electrons. The normalized spacial score (nSPS) is 24.0. The second kappa shape index (κ2) is 29.4. The van der Waals surface area contributed by atoms with Crippen molar-refractivity contribution in [2.45, 2.75) is 135 Å². The minimum absolute atomic E-state index is 0.102. The molecule has 2 aliphatic rings. The van der Waals surface area contributed by atoms with E-state index in [9.17, 15) is 73.2 Å². The first kappa shape index (κ1) is 61.6. The molecule has 10 atom stereocenters. The van der Waals surface area contributed by atoms with E-state index in [1.165, 1.54) is 74.2 Å². The van der Waals surface area contributed by atoms with Gasteiger partial charge in [0.25, 0.3) is 0 Å². The van der Waals surface area contributed by atoms with Gasteiger partial charge in [-0.25, -0.2) is 0 Å². The van der Waals surface area contributed by atoms with Crippen LogP contribution < -0.4 is 42.5 Å². The van der Waals surface area contributed by atoms with Crippen LogP contribution in [-0.2, 0) is 65.6 Å². The molecule has 416 valence electrons. The summed E-state index contributed by atoms with van der Waals surface area (Å²) in [6, 6.07) is 0.193. The van der Waals surface area contributed by atoms with Gasteiger partial charge in [0.1, 0.15) is 59.6 Å². The maximum atomic E-state index is 14.4. The third kappa shape index (κ3) is 19.3. The number of hydrogen-bond donors (Lipinski definition) is 12. The van der Waals surface area contributed by atoms with E-state index >= 15 is 0 Å². The Morgan fingerprint density at radius 3 is 1.80 bits per heavy atom. The Hall–Kier alpha value is -6.93. The monoisotopic (exact) mass is 1100 g/mol. The van der Waals surface area contributed by atoms with Gasteiger partial charge in [-0.05, 0) is 88.3 Å². The maximum absolute atomic E-state index is 14.4. The summed E-state index contributed by atoms with van der Waals surface area (Å²) in [7, 11) is 2.18. The highest BCUT2D eigenvalue weighted by Crippen LogP contribution is 2.25. The zero-order valence-corrected chi connectivity index (χ0v) is 44.7. The van der Waals surface area contributed by atoms with Crippen LogP contribution in [0.25, 0.3) is 0 Å². The van der Waals surface area contributed by atoms with Crippen LogP contribution in [0.5, 0.6) is 11.5 Å². The molecule has 2 unspecified atom stereocenters. The number of carboxylic acid groups (broad SMARTS) is 1. The van der Waals surface area contributed by atoms with Crippen molar-refractivity contribution in [3.05, 3.63) is 59.7 Å². The number of likely N-dealkylation sites (tertiary alicyclic amines) is 1. The van der Waals surface area contributed by atoms with Crippen LogP contribution in [0.4, 0.5) is 0 Å². The lowest BCUT2D eigenvalue weighted by Gasteiger charge is -2.31. The van der Waals surface area contributed by atoms with Crippen LogP contribution in [-0.4, -0.2) is 169 Å². The predicted octanol–water partition coefficient (Wildman–Crippen LogP) is -1.07. The standard InChI is InChI=1S/C50H69N9O15S2/c1-25(2)18-37(56-43(67)27(4)28(5)60)50(74)59-17-7-8-39(59)48(72)57-38-24-76-75-23-26(3)52-49(73)42(29(6)61)58-40(64)22-51-44(68)34(19-30-9-13-32(62)14-10-30)53-45(69)35(20-31-11-15-33(63)16-12-31)54-46(70)36(21-41(65)66)55-47(38)71/h9-16,25-27,29,34-39,42,61-63H,7-8,17-24H2,1-6H3,(H,51,68)(H,52,73)(H,53,69)(H,54,70)(H,55,71)(H,56,67)(H,57,72)(H,58,64)(H,65,66)/t26-,27?,29-,34+,35+,36+,37+,38+,39+,42?/m1/s1. The van der Waals surface area contributed by atoms with Crippen molar-refractivity contribution in [1.82, 2.24) is 47.4 Å².